The van der Waals surface area contributed by atoms with Crippen LogP contribution in [0.2, 0.25) is 0 Å². The van der Waals surface area contributed by atoms with Gasteiger partial charge in [0, 0.05) is 55.9 Å². The number of ether oxygens (including phenoxy) is 8. The maximum Gasteiger partial charge on any atom is 0.239 e. The topological polar surface area (TPSA) is 99.9 Å². The van der Waals surface area contributed by atoms with Gasteiger partial charge >= 0.3 is 0 Å². The van der Waals surface area contributed by atoms with Crippen molar-refractivity contribution in [1.82, 2.24) is 0 Å². The van der Waals surface area contributed by atoms with Gasteiger partial charge in [-0.3, -0.25) is 0 Å². The minimum atomic E-state index is -1.56. The summed E-state index contributed by atoms with van der Waals surface area (Å²) in [7, 11) is 9.75. The van der Waals surface area contributed by atoms with Crippen molar-refractivity contribution >= 4 is 20.5 Å². The van der Waals surface area contributed by atoms with E-state index >= 15 is 0 Å². The van der Waals surface area contributed by atoms with E-state index in [0.29, 0.717) is 33.7 Å². The summed E-state index contributed by atoms with van der Waals surface area (Å²) >= 11 is 0. The predicted octanol–water partition coefficient (Wildman–Crippen LogP) is -1.52. The van der Waals surface area contributed by atoms with Gasteiger partial charge in [-0.2, -0.15) is 0 Å². The number of hydrogen-bond donors (Lipinski definition) is 1. The van der Waals surface area contributed by atoms with E-state index in [2.05, 4.69) is 0 Å². The van der Waals surface area contributed by atoms with Gasteiger partial charge in [0.15, 0.2) is 10.8 Å². The molecule has 2 unspecified atom stereocenters. The van der Waals surface area contributed by atoms with E-state index < -0.39 is 28.4 Å². The lowest BCUT2D eigenvalue weighted by Crippen LogP contribution is -2.80. The maximum absolute atomic E-state index is 6.77. The van der Waals surface area contributed by atoms with Crippen molar-refractivity contribution in [1.29, 1.82) is 0 Å². The first-order chi connectivity index (χ1) is 13.1. The summed E-state index contributed by atoms with van der Waals surface area (Å²) in [6.07, 6.45) is 1.57. The fourth-order valence-corrected chi connectivity index (χ4v) is 5.28. The molecule has 0 aromatic carbocycles. The summed E-state index contributed by atoms with van der Waals surface area (Å²) in [5, 5.41) is 0. The Morgan fingerprint density at radius 1 is 0.643 bits per heavy atom. The van der Waals surface area contributed by atoms with Crippen LogP contribution >= 0.6 is 0 Å². The Kier molecular flexibility index (Phi) is 12.1. The van der Waals surface area contributed by atoms with Crippen molar-refractivity contribution in [3.05, 3.63) is 0 Å². The summed E-state index contributed by atoms with van der Waals surface area (Å²) in [6.45, 7) is 4.88. The van der Waals surface area contributed by atoms with Crippen LogP contribution in [-0.2, 0) is 37.9 Å². The van der Waals surface area contributed by atoms with E-state index in [9.17, 15) is 0 Å². The number of nitrogens with two attached hydrogens (primary N) is 1. The first-order valence-corrected chi connectivity index (χ1v) is 11.5. The molecule has 0 saturated heterocycles. The van der Waals surface area contributed by atoms with Gasteiger partial charge in [-0.15, -0.1) is 0 Å². The first kappa shape index (κ1) is 28.1. The summed E-state index contributed by atoms with van der Waals surface area (Å²) < 4.78 is 46.9. The molecule has 2 atom stereocenters. The van der Waals surface area contributed by atoms with Gasteiger partial charge in [-0.1, -0.05) is 13.8 Å². The second-order valence-corrected chi connectivity index (χ2v) is 9.26. The van der Waals surface area contributed by atoms with Gasteiger partial charge in [-0.25, -0.2) is 0 Å². The van der Waals surface area contributed by atoms with Crippen LogP contribution in [0.1, 0.15) is 26.7 Å². The Bertz CT molecular complexity index is 401. The van der Waals surface area contributed by atoms with Crippen molar-refractivity contribution in [2.75, 3.05) is 55.9 Å². The molecule has 0 aliphatic rings. The summed E-state index contributed by atoms with van der Waals surface area (Å²) in [6, 6.07) is -1.06. The SMILES string of the molecule is CCCOC([SiH3])(OC)C(OC)(OC)C(N)C(OC)(OC)C([SiH3])(OC)OCCC. The molecule has 0 spiro atoms. The van der Waals surface area contributed by atoms with Crippen LogP contribution in [0.3, 0.4) is 0 Å². The Morgan fingerprint density at radius 2 is 0.929 bits per heavy atom. The normalized spacial score (nSPS) is 18.8. The minimum Gasteiger partial charge on any atom is -0.353 e. The molecule has 28 heavy (non-hydrogen) atoms. The summed E-state index contributed by atoms with van der Waals surface area (Å²) in [5.74, 6) is -3.11. The zero-order chi connectivity index (χ0) is 22.1. The highest BCUT2D eigenvalue weighted by molar-refractivity contribution is 6.15. The molecule has 0 aliphatic heterocycles. The van der Waals surface area contributed by atoms with Crippen LogP contribution in [0.5, 0.6) is 0 Å². The van der Waals surface area contributed by atoms with Crippen molar-refractivity contribution < 1.29 is 37.9 Å². The lowest BCUT2D eigenvalue weighted by molar-refractivity contribution is -0.426. The second-order valence-electron chi connectivity index (χ2n) is 6.63. The van der Waals surface area contributed by atoms with Crippen molar-refractivity contribution in [3.8, 4) is 0 Å². The molecule has 0 aromatic rings. The molecule has 0 rings (SSSR count). The molecule has 0 aromatic heterocycles. The Balaban J connectivity index is 6.53. The standard InChI is InChI=1S/C17H41NO8Si2/c1-9-11-25-16(27,23-7)14(19-3,20-4)13(18)15(21-5,22-6)17(28,24-8)26-12-10-2/h13H,9-12,18H2,1-8,27-28H3. The summed E-state index contributed by atoms with van der Waals surface area (Å²) in [4.78, 5) is 0. The van der Waals surface area contributed by atoms with E-state index in [4.69, 9.17) is 43.6 Å². The Labute approximate surface area is 175 Å². The summed E-state index contributed by atoms with van der Waals surface area (Å²) in [5.41, 5.74) is 4.28. The van der Waals surface area contributed by atoms with Crippen molar-refractivity contribution in [2.24, 2.45) is 5.73 Å². The molecule has 0 saturated carbocycles. The Morgan fingerprint density at radius 3 is 1.11 bits per heavy atom. The average molecular weight is 444 g/mol. The van der Waals surface area contributed by atoms with E-state index in [1.54, 1.807) is 0 Å². The molecule has 170 valence electrons. The highest BCUT2D eigenvalue weighted by atomic mass is 28.2. The van der Waals surface area contributed by atoms with Gasteiger partial charge in [0.05, 0.1) is 20.5 Å². The first-order valence-electron chi connectivity index (χ1n) is 9.48. The highest BCUT2D eigenvalue weighted by Gasteiger charge is 2.68. The van der Waals surface area contributed by atoms with Gasteiger partial charge in [0.25, 0.3) is 0 Å². The second kappa shape index (κ2) is 12.1. The van der Waals surface area contributed by atoms with Gasteiger partial charge in [-0.05, 0) is 12.8 Å². The largest absolute Gasteiger partial charge is 0.353 e. The minimum absolute atomic E-state index is 0.382. The van der Waals surface area contributed by atoms with Crippen LogP contribution in [0.4, 0.5) is 0 Å². The van der Waals surface area contributed by atoms with E-state index in [1.165, 1.54) is 42.7 Å². The average Bonchev–Trinajstić information content (AvgIpc) is 2.73. The molecule has 0 heterocycles. The van der Waals surface area contributed by atoms with Crippen LogP contribution in [0.15, 0.2) is 0 Å². The van der Waals surface area contributed by atoms with Crippen LogP contribution in [-0.4, -0.2) is 105 Å². The Hall–Kier alpha value is 0.0738. The van der Waals surface area contributed by atoms with E-state index in [-0.39, 0.29) is 0 Å². The molecule has 11 heteroatoms. The molecule has 2 N–H and O–H groups in total. The molecule has 0 aliphatic carbocycles. The molecular formula is C17H41NO8Si2. The maximum atomic E-state index is 6.77. The quantitative estimate of drug-likeness (QED) is 0.225. The zero-order valence-electron chi connectivity index (χ0n) is 19.2. The molecule has 0 fully saturated rings. The van der Waals surface area contributed by atoms with Crippen molar-refractivity contribution in [3.63, 3.8) is 0 Å². The van der Waals surface area contributed by atoms with Gasteiger partial charge in [0.2, 0.25) is 11.6 Å². The van der Waals surface area contributed by atoms with Gasteiger partial charge in [0.1, 0.15) is 6.04 Å². The van der Waals surface area contributed by atoms with Crippen LogP contribution in [0, 0.1) is 0 Å². The lowest BCUT2D eigenvalue weighted by atomic mass is 9.95. The fraction of sp³-hybridized carbons (Fsp3) is 1.00. The number of rotatable bonds is 16. The monoisotopic (exact) mass is 443 g/mol. The number of methoxy groups -OCH3 is 6. The molecule has 0 amide bonds. The lowest BCUT2D eigenvalue weighted by Gasteiger charge is -2.55. The third-order valence-electron chi connectivity index (χ3n) is 5.24. The smallest absolute Gasteiger partial charge is 0.239 e. The zero-order valence-corrected chi connectivity index (χ0v) is 23.2. The molecular weight excluding hydrogens is 402 g/mol. The van der Waals surface area contributed by atoms with Crippen LogP contribution < -0.4 is 5.73 Å². The highest BCUT2D eigenvalue weighted by Crippen LogP contribution is 2.42. The van der Waals surface area contributed by atoms with Gasteiger partial charge < -0.3 is 43.6 Å². The van der Waals surface area contributed by atoms with E-state index in [0.717, 1.165) is 12.8 Å². The molecule has 0 bridgehead atoms. The predicted molar refractivity (Wildman–Crippen MR) is 113 cm³/mol. The van der Waals surface area contributed by atoms with Crippen LogP contribution in [0.25, 0.3) is 0 Å². The molecule has 9 nitrogen and oxygen atoms in total. The number of hydrogen-bond acceptors (Lipinski definition) is 9. The van der Waals surface area contributed by atoms with Crippen molar-refractivity contribution in [2.45, 2.75) is 55.1 Å². The third kappa shape index (κ3) is 4.86. The molecule has 0 radical (unpaired) electrons. The third-order valence-corrected chi connectivity index (χ3v) is 8.03. The fourth-order valence-electron chi connectivity index (χ4n) is 3.43. The van der Waals surface area contributed by atoms with E-state index in [1.807, 2.05) is 13.8 Å².